The molecule has 5 nitrogen and oxygen atoms in total. The van der Waals surface area contributed by atoms with Gasteiger partial charge in [-0.3, -0.25) is 9.59 Å². The third kappa shape index (κ3) is 3.92. The third-order valence-corrected chi connectivity index (χ3v) is 6.30. The Labute approximate surface area is 193 Å². The molecule has 6 heteroatoms. The maximum Gasteiger partial charge on any atom is 0.271 e. The van der Waals surface area contributed by atoms with Crippen molar-refractivity contribution in [1.82, 2.24) is 14.8 Å². The monoisotopic (exact) mass is 445 g/mol. The summed E-state index contributed by atoms with van der Waals surface area (Å²) in [5, 5.41) is 0.414. The normalized spacial score (nSPS) is 20.2. The van der Waals surface area contributed by atoms with Crippen molar-refractivity contribution < 1.29 is 9.59 Å². The highest BCUT2D eigenvalue weighted by Crippen LogP contribution is 2.33. The third-order valence-electron chi connectivity index (χ3n) is 6.07. The van der Waals surface area contributed by atoms with Crippen LogP contribution in [0.3, 0.4) is 0 Å². The molecule has 1 aliphatic heterocycles. The van der Waals surface area contributed by atoms with Crippen molar-refractivity contribution in [3.8, 4) is 11.1 Å². The van der Waals surface area contributed by atoms with Crippen LogP contribution in [0.5, 0.6) is 0 Å². The van der Waals surface area contributed by atoms with Crippen LogP contribution in [0.25, 0.3) is 17.2 Å². The smallest absolute Gasteiger partial charge is 0.271 e. The lowest BCUT2D eigenvalue weighted by atomic mass is 9.87. The highest BCUT2D eigenvalue weighted by molar-refractivity contribution is 6.29. The number of benzene rings is 2. The van der Waals surface area contributed by atoms with Crippen molar-refractivity contribution >= 4 is 29.5 Å². The fourth-order valence-corrected chi connectivity index (χ4v) is 4.18. The van der Waals surface area contributed by atoms with Crippen molar-refractivity contribution in [2.24, 2.45) is 0 Å². The summed E-state index contributed by atoms with van der Waals surface area (Å²) in [6.45, 7) is 1.82. The molecule has 1 aromatic heterocycles. The van der Waals surface area contributed by atoms with Gasteiger partial charge in [0.1, 0.15) is 16.4 Å². The number of amides is 2. The van der Waals surface area contributed by atoms with Gasteiger partial charge in [-0.15, -0.1) is 0 Å². The molecular formula is C26H24ClN3O2. The first-order valence-corrected chi connectivity index (χ1v) is 10.7. The number of hydrogen-bond donors (Lipinski definition) is 0. The van der Waals surface area contributed by atoms with Crippen molar-refractivity contribution in [3.05, 3.63) is 94.9 Å². The van der Waals surface area contributed by atoms with Crippen LogP contribution >= 0.6 is 11.6 Å². The molecule has 1 aliphatic rings. The van der Waals surface area contributed by atoms with Gasteiger partial charge in [0, 0.05) is 32.3 Å². The predicted octanol–water partition coefficient (Wildman–Crippen LogP) is 4.67. The highest BCUT2D eigenvalue weighted by Gasteiger charge is 2.48. The Kier molecular flexibility index (Phi) is 5.85. The van der Waals surface area contributed by atoms with Gasteiger partial charge in [-0.1, -0.05) is 66.2 Å². The van der Waals surface area contributed by atoms with E-state index in [0.717, 1.165) is 22.3 Å². The lowest BCUT2D eigenvalue weighted by Gasteiger charge is -2.45. The summed E-state index contributed by atoms with van der Waals surface area (Å²) in [4.78, 5) is 34.1. The molecule has 2 amide bonds. The number of carbonyl (C=O) groups is 2. The molecule has 4 rings (SSSR count). The van der Waals surface area contributed by atoms with E-state index in [9.17, 15) is 9.59 Å². The number of halogens is 1. The fraction of sp³-hybridized carbons (Fsp3) is 0.192. The zero-order chi connectivity index (χ0) is 22.9. The average Bonchev–Trinajstić information content (AvgIpc) is 2.81. The SMILES string of the molecule is CN1C(=O)C(C)(Cc2ccccc2)N(C)C(=O)/C1=C/c1ccccc1-c1ccc(Cl)nc1. The van der Waals surface area contributed by atoms with E-state index in [0.29, 0.717) is 17.3 Å². The van der Waals surface area contributed by atoms with Gasteiger partial charge in [0.15, 0.2) is 0 Å². The Morgan fingerprint density at radius 3 is 2.34 bits per heavy atom. The lowest BCUT2D eigenvalue weighted by Crippen LogP contribution is -2.64. The molecule has 1 unspecified atom stereocenters. The minimum Gasteiger partial charge on any atom is -0.326 e. The first-order chi connectivity index (χ1) is 15.3. The predicted molar refractivity (Wildman–Crippen MR) is 127 cm³/mol. The molecule has 1 saturated heterocycles. The summed E-state index contributed by atoms with van der Waals surface area (Å²) in [5.74, 6) is -0.324. The quantitative estimate of drug-likeness (QED) is 0.433. The Hall–Kier alpha value is -3.44. The minimum absolute atomic E-state index is 0.125. The van der Waals surface area contributed by atoms with Gasteiger partial charge < -0.3 is 9.80 Å². The number of likely N-dealkylation sites (N-methyl/N-ethyl adjacent to an activating group) is 2. The van der Waals surface area contributed by atoms with E-state index in [1.807, 2.05) is 67.6 Å². The van der Waals surface area contributed by atoms with Crippen LogP contribution in [-0.2, 0) is 16.0 Å². The lowest BCUT2D eigenvalue weighted by molar-refractivity contribution is -0.155. The summed E-state index contributed by atoms with van der Waals surface area (Å²) in [6.07, 6.45) is 3.91. The first kappa shape index (κ1) is 21.8. The van der Waals surface area contributed by atoms with E-state index in [1.165, 1.54) is 4.90 Å². The van der Waals surface area contributed by atoms with E-state index in [2.05, 4.69) is 4.98 Å². The molecule has 2 aromatic carbocycles. The Bertz CT molecular complexity index is 1190. The van der Waals surface area contributed by atoms with E-state index < -0.39 is 5.54 Å². The molecule has 1 atom stereocenters. The van der Waals surface area contributed by atoms with Gasteiger partial charge in [0.05, 0.1) is 0 Å². The molecule has 1 fully saturated rings. The van der Waals surface area contributed by atoms with E-state index >= 15 is 0 Å². The van der Waals surface area contributed by atoms with Gasteiger partial charge >= 0.3 is 0 Å². The summed E-state index contributed by atoms with van der Waals surface area (Å²) < 4.78 is 0. The van der Waals surface area contributed by atoms with Crippen LogP contribution in [0.2, 0.25) is 5.15 Å². The minimum atomic E-state index is -0.968. The molecule has 0 N–H and O–H groups in total. The van der Waals surface area contributed by atoms with E-state index in [-0.39, 0.29) is 11.8 Å². The summed E-state index contributed by atoms with van der Waals surface area (Å²) >= 11 is 5.93. The summed E-state index contributed by atoms with van der Waals surface area (Å²) in [5.41, 5.74) is 2.96. The average molecular weight is 446 g/mol. The number of hydrogen-bond acceptors (Lipinski definition) is 3. The van der Waals surface area contributed by atoms with Gasteiger partial charge in [0.25, 0.3) is 11.8 Å². The van der Waals surface area contributed by atoms with Gasteiger partial charge in [-0.05, 0) is 41.8 Å². The van der Waals surface area contributed by atoms with Gasteiger partial charge in [-0.25, -0.2) is 4.98 Å². The summed E-state index contributed by atoms with van der Waals surface area (Å²) in [6, 6.07) is 21.1. The molecule has 32 heavy (non-hydrogen) atoms. The molecule has 0 aliphatic carbocycles. The standard InChI is InChI=1S/C26H24ClN3O2/c1-26(16-18-9-5-4-6-10-18)25(32)29(2)22(24(31)30(26)3)15-19-11-7-8-12-21(19)20-13-14-23(27)28-17-20/h4-15,17H,16H2,1-3H3/b22-15-. The molecule has 0 radical (unpaired) electrons. The largest absolute Gasteiger partial charge is 0.326 e. The molecule has 2 heterocycles. The number of pyridine rings is 1. The van der Waals surface area contributed by atoms with E-state index in [4.69, 9.17) is 11.6 Å². The second-order valence-corrected chi connectivity index (χ2v) is 8.54. The number of rotatable bonds is 4. The maximum atomic E-state index is 13.5. The van der Waals surface area contributed by atoms with Crippen LogP contribution in [0.1, 0.15) is 18.1 Å². The Morgan fingerprint density at radius 1 is 0.969 bits per heavy atom. The van der Waals surface area contributed by atoms with Crippen LogP contribution in [0, 0.1) is 0 Å². The highest BCUT2D eigenvalue weighted by atomic mass is 35.5. The van der Waals surface area contributed by atoms with Crippen molar-refractivity contribution in [2.75, 3.05) is 14.1 Å². The Morgan fingerprint density at radius 2 is 1.66 bits per heavy atom. The van der Waals surface area contributed by atoms with Crippen molar-refractivity contribution in [1.29, 1.82) is 0 Å². The van der Waals surface area contributed by atoms with Crippen LogP contribution in [0.15, 0.2) is 78.6 Å². The number of piperazine rings is 1. The van der Waals surface area contributed by atoms with Crippen LogP contribution < -0.4 is 0 Å². The zero-order valence-corrected chi connectivity index (χ0v) is 19.0. The molecule has 162 valence electrons. The second-order valence-electron chi connectivity index (χ2n) is 8.15. The van der Waals surface area contributed by atoms with Crippen LogP contribution in [-0.4, -0.2) is 46.2 Å². The summed E-state index contributed by atoms with van der Waals surface area (Å²) in [7, 11) is 3.35. The molecule has 0 saturated carbocycles. The maximum absolute atomic E-state index is 13.5. The molecule has 0 spiro atoms. The first-order valence-electron chi connectivity index (χ1n) is 10.3. The number of carbonyl (C=O) groups excluding carboxylic acids is 2. The molecule has 3 aromatic rings. The van der Waals surface area contributed by atoms with Crippen molar-refractivity contribution in [2.45, 2.75) is 18.9 Å². The number of nitrogens with zero attached hydrogens (tertiary/aromatic N) is 3. The second kappa shape index (κ2) is 8.60. The molecular weight excluding hydrogens is 422 g/mol. The fourth-order valence-electron chi connectivity index (χ4n) is 4.07. The topological polar surface area (TPSA) is 53.5 Å². The van der Waals surface area contributed by atoms with Crippen LogP contribution in [0.4, 0.5) is 0 Å². The zero-order valence-electron chi connectivity index (χ0n) is 18.2. The van der Waals surface area contributed by atoms with Gasteiger partial charge in [-0.2, -0.15) is 0 Å². The van der Waals surface area contributed by atoms with Crippen molar-refractivity contribution in [3.63, 3.8) is 0 Å². The van der Waals surface area contributed by atoms with Gasteiger partial charge in [0.2, 0.25) is 0 Å². The molecule has 0 bridgehead atoms. The number of aromatic nitrogens is 1. The van der Waals surface area contributed by atoms with E-state index in [1.54, 1.807) is 37.3 Å². The Balaban J connectivity index is 1.72.